The van der Waals surface area contributed by atoms with Crippen molar-refractivity contribution >= 4 is 57.3 Å². The minimum atomic E-state index is -0.946. The first kappa shape index (κ1) is 28.8. The lowest BCUT2D eigenvalue weighted by Crippen LogP contribution is -2.29. The highest BCUT2D eigenvalue weighted by molar-refractivity contribution is 8.00. The number of amides is 1. The van der Waals surface area contributed by atoms with Gasteiger partial charge in [0.1, 0.15) is 17.3 Å². The van der Waals surface area contributed by atoms with Crippen LogP contribution < -0.4 is 9.64 Å². The molecule has 5 rings (SSSR count). The highest BCUT2D eigenvalue weighted by atomic mass is 35.5. The van der Waals surface area contributed by atoms with E-state index >= 15 is 0 Å². The predicted molar refractivity (Wildman–Crippen MR) is 159 cm³/mol. The Morgan fingerprint density at radius 2 is 1.76 bits per heavy atom. The molecule has 0 radical (unpaired) electrons. The maximum Gasteiger partial charge on any atom is 0.301 e. The molecule has 0 spiro atoms. The number of carbonyl (C=O) groups excluding carboxylic acids is 2. The molecule has 1 aliphatic rings. The van der Waals surface area contributed by atoms with Crippen LogP contribution in [-0.2, 0) is 15.3 Å². The van der Waals surface area contributed by atoms with E-state index in [1.807, 2.05) is 0 Å². The number of nitrogens with zero attached hydrogens (tertiary/aromatic N) is 3. The van der Waals surface area contributed by atoms with Crippen LogP contribution in [0.2, 0.25) is 5.02 Å². The van der Waals surface area contributed by atoms with Crippen LogP contribution >= 0.6 is 34.7 Å². The molecule has 1 unspecified atom stereocenters. The lowest BCUT2D eigenvalue weighted by Gasteiger charge is -2.22. The van der Waals surface area contributed by atoms with Gasteiger partial charge in [-0.05, 0) is 66.1 Å². The summed E-state index contributed by atoms with van der Waals surface area (Å²) in [7, 11) is 0. The summed E-state index contributed by atoms with van der Waals surface area (Å²) >= 11 is 8.56. The first-order valence-corrected chi connectivity index (χ1v) is 15.0. The fourth-order valence-electron chi connectivity index (χ4n) is 4.27. The molecular formula is C30H25ClFN3O4S2. The molecule has 0 aliphatic carbocycles. The second-order valence-electron chi connectivity index (χ2n) is 9.21. The summed E-state index contributed by atoms with van der Waals surface area (Å²) in [5.74, 6) is -1.10. The fraction of sp³-hybridized carbons (Fsp3) is 0.200. The minimum Gasteiger partial charge on any atom is -0.507 e. The zero-order chi connectivity index (χ0) is 28.9. The molecule has 7 nitrogen and oxygen atoms in total. The largest absolute Gasteiger partial charge is 0.507 e. The number of aliphatic hydroxyl groups excluding tert-OH is 1. The molecule has 1 saturated heterocycles. The summed E-state index contributed by atoms with van der Waals surface area (Å²) in [4.78, 5) is 28.1. The van der Waals surface area contributed by atoms with Gasteiger partial charge in [-0.1, -0.05) is 72.3 Å². The Morgan fingerprint density at radius 3 is 2.44 bits per heavy atom. The van der Waals surface area contributed by atoms with Gasteiger partial charge in [0.25, 0.3) is 5.78 Å². The number of hydrogen-bond acceptors (Lipinski definition) is 8. The van der Waals surface area contributed by atoms with Crippen molar-refractivity contribution in [3.63, 3.8) is 0 Å². The number of ether oxygens (including phenoxy) is 1. The summed E-state index contributed by atoms with van der Waals surface area (Å²) in [6.45, 7) is 2.66. The van der Waals surface area contributed by atoms with E-state index in [0.29, 0.717) is 38.6 Å². The van der Waals surface area contributed by atoms with Crippen molar-refractivity contribution in [3.8, 4) is 5.75 Å². The van der Waals surface area contributed by atoms with Gasteiger partial charge in [0, 0.05) is 16.3 Å². The van der Waals surface area contributed by atoms with Crippen molar-refractivity contribution in [1.29, 1.82) is 0 Å². The Kier molecular flexibility index (Phi) is 9.02. The van der Waals surface area contributed by atoms with Gasteiger partial charge in [-0.25, -0.2) is 4.39 Å². The van der Waals surface area contributed by atoms with E-state index < -0.39 is 17.7 Å². The number of rotatable bonds is 10. The third-order valence-corrected chi connectivity index (χ3v) is 8.78. The topological polar surface area (TPSA) is 92.6 Å². The molecular weight excluding hydrogens is 585 g/mol. The van der Waals surface area contributed by atoms with E-state index in [4.69, 9.17) is 16.3 Å². The fourth-order valence-corrected chi connectivity index (χ4v) is 6.22. The molecule has 1 amide bonds. The number of aromatic nitrogens is 2. The van der Waals surface area contributed by atoms with Gasteiger partial charge in [-0.2, -0.15) is 0 Å². The van der Waals surface area contributed by atoms with Gasteiger partial charge in [-0.3, -0.25) is 14.5 Å². The van der Waals surface area contributed by atoms with Crippen LogP contribution in [0.1, 0.15) is 42.5 Å². The maximum absolute atomic E-state index is 13.4. The number of hydrogen-bond donors (Lipinski definition) is 1. The van der Waals surface area contributed by atoms with E-state index in [0.717, 1.165) is 29.7 Å². The number of halogens is 2. The van der Waals surface area contributed by atoms with Gasteiger partial charge in [-0.15, -0.1) is 10.2 Å². The number of anilines is 1. The first-order valence-electron chi connectivity index (χ1n) is 12.9. The minimum absolute atomic E-state index is 0.0623. The van der Waals surface area contributed by atoms with Crippen molar-refractivity contribution < 1.29 is 23.8 Å². The monoisotopic (exact) mass is 609 g/mol. The highest BCUT2D eigenvalue weighted by Crippen LogP contribution is 2.44. The van der Waals surface area contributed by atoms with Crippen LogP contribution in [0.5, 0.6) is 5.75 Å². The van der Waals surface area contributed by atoms with Crippen LogP contribution in [-0.4, -0.2) is 33.6 Å². The molecule has 210 valence electrons. The number of aliphatic hydroxyl groups is 1. The van der Waals surface area contributed by atoms with Gasteiger partial charge in [0.05, 0.1) is 18.2 Å². The molecule has 1 N–H and O–H groups in total. The van der Waals surface area contributed by atoms with Crippen molar-refractivity contribution in [1.82, 2.24) is 10.2 Å². The van der Waals surface area contributed by atoms with Gasteiger partial charge >= 0.3 is 5.91 Å². The Balaban J connectivity index is 1.50. The zero-order valence-corrected chi connectivity index (χ0v) is 24.3. The summed E-state index contributed by atoms with van der Waals surface area (Å²) in [6, 6.07) is 18.7. The number of Topliss-reactive ketones (excluding diaryl/α,β-unsaturated/α-hetero) is 1. The smallest absolute Gasteiger partial charge is 0.301 e. The molecule has 0 bridgehead atoms. The molecule has 41 heavy (non-hydrogen) atoms. The summed E-state index contributed by atoms with van der Waals surface area (Å²) < 4.78 is 19.6. The average molecular weight is 610 g/mol. The van der Waals surface area contributed by atoms with E-state index in [9.17, 15) is 19.1 Å². The van der Waals surface area contributed by atoms with E-state index in [1.165, 1.54) is 28.8 Å². The highest BCUT2D eigenvalue weighted by Gasteiger charge is 2.48. The predicted octanol–water partition coefficient (Wildman–Crippen LogP) is 7.43. The Hall–Kier alpha value is -3.73. The van der Waals surface area contributed by atoms with Gasteiger partial charge in [0.2, 0.25) is 5.13 Å². The standard InChI is InChI=1S/C30H25ClFN3O4S2/c1-2-3-16-39-23-14-8-19(9-15-23)25-24(26(36)20-6-10-21(31)11-7-20)27(37)28(38)35(25)29-33-34-30(41-29)40-17-18-4-12-22(32)13-5-18/h4-15,25,36H,2-3,16-17H2,1H3/b26-24-. The number of carbonyl (C=O) groups is 2. The van der Waals surface area contributed by atoms with Crippen molar-refractivity contribution in [3.05, 3.63) is 106 Å². The number of thioether (sulfide) groups is 1. The summed E-state index contributed by atoms with van der Waals surface area (Å²) in [5.41, 5.74) is 1.79. The molecule has 0 saturated carbocycles. The molecule has 4 aromatic rings. The normalized spacial score (nSPS) is 16.4. The molecule has 2 heterocycles. The Morgan fingerprint density at radius 1 is 1.05 bits per heavy atom. The molecule has 1 aliphatic heterocycles. The number of unbranched alkanes of at least 4 members (excludes halogenated alkanes) is 1. The molecule has 1 fully saturated rings. The summed E-state index contributed by atoms with van der Waals surface area (Å²) in [6.07, 6.45) is 1.92. The van der Waals surface area contributed by atoms with Crippen LogP contribution in [0.25, 0.3) is 5.76 Å². The Bertz CT molecular complexity index is 1570. The number of ketones is 1. The third-order valence-electron chi connectivity index (χ3n) is 6.40. The lowest BCUT2D eigenvalue weighted by atomic mass is 9.95. The van der Waals surface area contributed by atoms with Gasteiger partial charge < -0.3 is 9.84 Å². The summed E-state index contributed by atoms with van der Waals surface area (Å²) in [5, 5.41) is 20.4. The zero-order valence-electron chi connectivity index (χ0n) is 21.9. The van der Waals surface area contributed by atoms with Crippen LogP contribution in [0.4, 0.5) is 9.52 Å². The molecule has 1 atom stereocenters. The molecule has 3 aromatic carbocycles. The third kappa shape index (κ3) is 6.45. The van der Waals surface area contributed by atoms with Gasteiger partial charge in [0.15, 0.2) is 4.34 Å². The second-order valence-corrected chi connectivity index (χ2v) is 11.8. The molecule has 11 heteroatoms. The SMILES string of the molecule is CCCCOc1ccc(C2/C(=C(/O)c3ccc(Cl)cc3)C(=O)C(=O)N2c2nnc(SCc3ccc(F)cc3)s2)cc1. The van der Waals surface area contributed by atoms with Crippen LogP contribution in [0.3, 0.4) is 0 Å². The van der Waals surface area contributed by atoms with E-state index in [2.05, 4.69) is 17.1 Å². The van der Waals surface area contributed by atoms with Crippen molar-refractivity contribution in [2.75, 3.05) is 11.5 Å². The van der Waals surface area contributed by atoms with Crippen molar-refractivity contribution in [2.24, 2.45) is 0 Å². The first-order chi connectivity index (χ1) is 19.9. The van der Waals surface area contributed by atoms with E-state index in [1.54, 1.807) is 60.7 Å². The molecule has 1 aromatic heterocycles. The average Bonchev–Trinajstić information content (AvgIpc) is 3.55. The lowest BCUT2D eigenvalue weighted by molar-refractivity contribution is -0.132. The Labute approximate surface area is 249 Å². The maximum atomic E-state index is 13.4. The quantitative estimate of drug-likeness (QED) is 0.0499. The van der Waals surface area contributed by atoms with Crippen LogP contribution in [0.15, 0.2) is 82.7 Å². The number of benzene rings is 3. The second kappa shape index (κ2) is 12.8. The van der Waals surface area contributed by atoms with Crippen LogP contribution in [0, 0.1) is 5.82 Å². The van der Waals surface area contributed by atoms with Crippen molar-refractivity contribution in [2.45, 2.75) is 35.9 Å². The van der Waals surface area contributed by atoms with E-state index in [-0.39, 0.29) is 22.3 Å².